The Morgan fingerprint density at radius 1 is 1.33 bits per heavy atom. The molecule has 0 fully saturated rings. The molecule has 0 spiro atoms. The Morgan fingerprint density at radius 3 is 2.62 bits per heavy atom. The van der Waals surface area contributed by atoms with Crippen LogP contribution < -0.4 is 10.2 Å². The van der Waals surface area contributed by atoms with E-state index < -0.39 is 0 Å². The first-order chi connectivity index (χ1) is 9.95. The fourth-order valence-corrected chi connectivity index (χ4v) is 2.54. The summed E-state index contributed by atoms with van der Waals surface area (Å²) < 4.78 is 6.24. The predicted octanol–water partition coefficient (Wildman–Crippen LogP) is 3.45. The minimum atomic E-state index is 0.387. The molecule has 0 saturated carbocycles. The zero-order chi connectivity index (χ0) is 15.8. The minimum absolute atomic E-state index is 0.387. The Balaban J connectivity index is 2.91. The number of halogens is 1. The summed E-state index contributed by atoms with van der Waals surface area (Å²) in [5.41, 5.74) is 1.22. The third kappa shape index (κ3) is 6.32. The number of nitrogens with zero attached hydrogens (tertiary/aromatic N) is 2. The zero-order valence-corrected chi connectivity index (χ0v) is 15.4. The Bertz CT molecular complexity index is 424. The van der Waals surface area contributed by atoms with Crippen molar-refractivity contribution in [1.29, 1.82) is 0 Å². The van der Waals surface area contributed by atoms with Crippen molar-refractivity contribution in [2.75, 3.05) is 31.7 Å². The van der Waals surface area contributed by atoms with Crippen molar-refractivity contribution in [1.82, 2.24) is 10.3 Å². The first-order valence-corrected chi connectivity index (χ1v) is 8.35. The van der Waals surface area contributed by atoms with Crippen molar-refractivity contribution in [3.8, 4) is 0 Å². The lowest BCUT2D eigenvalue weighted by atomic mass is 10.2. The number of aromatic nitrogens is 1. The molecule has 0 aliphatic heterocycles. The summed E-state index contributed by atoms with van der Waals surface area (Å²) in [6.07, 6.45) is 1.86. The second kappa shape index (κ2) is 9.38. The van der Waals surface area contributed by atoms with Crippen LogP contribution in [0.15, 0.2) is 16.7 Å². The van der Waals surface area contributed by atoms with Crippen LogP contribution in [0.3, 0.4) is 0 Å². The number of anilines is 1. The number of rotatable bonds is 9. The molecule has 1 rings (SSSR count). The monoisotopic (exact) mass is 357 g/mol. The topological polar surface area (TPSA) is 37.4 Å². The van der Waals surface area contributed by atoms with Crippen LogP contribution in [0.2, 0.25) is 0 Å². The van der Waals surface area contributed by atoms with Gasteiger partial charge < -0.3 is 15.0 Å². The fraction of sp³-hybridized carbons (Fsp3) is 0.688. The van der Waals surface area contributed by atoms with Gasteiger partial charge in [-0.1, -0.05) is 13.8 Å². The number of hydrogen-bond acceptors (Lipinski definition) is 4. The molecule has 120 valence electrons. The number of pyridine rings is 1. The van der Waals surface area contributed by atoms with Crippen LogP contribution in [0, 0.1) is 5.92 Å². The highest BCUT2D eigenvalue weighted by atomic mass is 79.9. The summed E-state index contributed by atoms with van der Waals surface area (Å²) >= 11 is 3.52. The maximum atomic E-state index is 5.23. The molecule has 0 atom stereocenters. The van der Waals surface area contributed by atoms with Crippen LogP contribution in [-0.2, 0) is 11.3 Å². The standard InChI is InChI=1S/C16H28BrN3O/c1-12(2)9-18-10-14-8-15(17)11-19-16(14)20(13(3)4)6-7-21-5/h8,11-13,18H,6-7,9-10H2,1-5H3. The van der Waals surface area contributed by atoms with E-state index in [1.54, 1.807) is 7.11 Å². The molecule has 1 N–H and O–H groups in total. The second-order valence-corrected chi connectivity index (χ2v) is 6.86. The third-order valence-electron chi connectivity index (χ3n) is 3.21. The van der Waals surface area contributed by atoms with E-state index in [0.29, 0.717) is 18.6 Å². The Morgan fingerprint density at radius 2 is 2.05 bits per heavy atom. The summed E-state index contributed by atoms with van der Waals surface area (Å²) in [7, 11) is 1.73. The molecule has 0 radical (unpaired) electrons. The average Bonchev–Trinajstić information content (AvgIpc) is 2.40. The first-order valence-electron chi connectivity index (χ1n) is 7.56. The largest absolute Gasteiger partial charge is 0.383 e. The highest BCUT2D eigenvalue weighted by Crippen LogP contribution is 2.23. The molecule has 21 heavy (non-hydrogen) atoms. The summed E-state index contributed by atoms with van der Waals surface area (Å²) in [4.78, 5) is 6.93. The summed E-state index contributed by atoms with van der Waals surface area (Å²) in [6.45, 7) is 12.2. The summed E-state index contributed by atoms with van der Waals surface area (Å²) in [6, 6.07) is 2.54. The van der Waals surface area contributed by atoms with Crippen molar-refractivity contribution in [3.05, 3.63) is 22.3 Å². The average molecular weight is 358 g/mol. The molecule has 0 aliphatic carbocycles. The van der Waals surface area contributed by atoms with Crippen molar-refractivity contribution >= 4 is 21.7 Å². The van der Waals surface area contributed by atoms with Crippen LogP contribution in [-0.4, -0.2) is 37.8 Å². The SMILES string of the molecule is COCCN(c1ncc(Br)cc1CNCC(C)C)C(C)C. The van der Waals surface area contributed by atoms with Crippen LogP contribution in [0.5, 0.6) is 0 Å². The molecule has 1 aromatic heterocycles. The van der Waals surface area contributed by atoms with E-state index in [2.05, 4.69) is 64.9 Å². The minimum Gasteiger partial charge on any atom is -0.383 e. The first kappa shape index (κ1) is 18.4. The quantitative estimate of drug-likeness (QED) is 0.734. The number of nitrogens with one attached hydrogen (secondary N) is 1. The lowest BCUT2D eigenvalue weighted by Crippen LogP contribution is -2.36. The zero-order valence-electron chi connectivity index (χ0n) is 13.8. The van der Waals surface area contributed by atoms with Crippen LogP contribution >= 0.6 is 15.9 Å². The van der Waals surface area contributed by atoms with Gasteiger partial charge in [0.05, 0.1) is 6.61 Å². The maximum absolute atomic E-state index is 5.23. The van der Waals surface area contributed by atoms with Gasteiger partial charge in [-0.05, 0) is 48.3 Å². The Hall–Kier alpha value is -0.650. The molecule has 0 amide bonds. The molecule has 5 heteroatoms. The highest BCUT2D eigenvalue weighted by Gasteiger charge is 2.16. The Kier molecular flexibility index (Phi) is 8.22. The van der Waals surface area contributed by atoms with E-state index in [4.69, 9.17) is 4.74 Å². The van der Waals surface area contributed by atoms with Gasteiger partial charge in [0.2, 0.25) is 0 Å². The smallest absolute Gasteiger partial charge is 0.133 e. The van der Waals surface area contributed by atoms with Gasteiger partial charge in [-0.25, -0.2) is 4.98 Å². The molecule has 0 saturated heterocycles. The molecular weight excluding hydrogens is 330 g/mol. The molecule has 0 aromatic carbocycles. The number of methoxy groups -OCH3 is 1. The molecule has 1 aromatic rings. The van der Waals surface area contributed by atoms with Crippen LogP contribution in [0.25, 0.3) is 0 Å². The fourth-order valence-electron chi connectivity index (χ4n) is 2.16. The number of ether oxygens (including phenoxy) is 1. The van der Waals surface area contributed by atoms with Crippen LogP contribution in [0.1, 0.15) is 33.3 Å². The molecule has 1 heterocycles. The van der Waals surface area contributed by atoms with E-state index in [0.717, 1.165) is 29.9 Å². The van der Waals surface area contributed by atoms with Gasteiger partial charge in [0.1, 0.15) is 5.82 Å². The Labute approximate surface area is 137 Å². The lowest BCUT2D eigenvalue weighted by Gasteiger charge is -2.29. The lowest BCUT2D eigenvalue weighted by molar-refractivity contribution is 0.203. The van der Waals surface area contributed by atoms with E-state index >= 15 is 0 Å². The van der Waals surface area contributed by atoms with Crippen molar-refractivity contribution < 1.29 is 4.74 Å². The molecule has 0 bridgehead atoms. The highest BCUT2D eigenvalue weighted by molar-refractivity contribution is 9.10. The van der Waals surface area contributed by atoms with Crippen molar-refractivity contribution in [2.45, 2.75) is 40.3 Å². The van der Waals surface area contributed by atoms with Crippen LogP contribution in [0.4, 0.5) is 5.82 Å². The summed E-state index contributed by atoms with van der Waals surface area (Å²) in [5, 5.41) is 3.50. The van der Waals surface area contributed by atoms with E-state index in [1.807, 2.05) is 6.20 Å². The summed E-state index contributed by atoms with van der Waals surface area (Å²) in [5.74, 6) is 1.68. The normalized spacial score (nSPS) is 11.4. The van der Waals surface area contributed by atoms with E-state index in [9.17, 15) is 0 Å². The maximum Gasteiger partial charge on any atom is 0.133 e. The van der Waals surface area contributed by atoms with Gasteiger partial charge in [-0.3, -0.25) is 0 Å². The van der Waals surface area contributed by atoms with Gasteiger partial charge in [0.15, 0.2) is 0 Å². The predicted molar refractivity (Wildman–Crippen MR) is 92.8 cm³/mol. The second-order valence-electron chi connectivity index (χ2n) is 5.94. The van der Waals surface area contributed by atoms with Crippen molar-refractivity contribution in [2.24, 2.45) is 5.92 Å². The van der Waals surface area contributed by atoms with Gasteiger partial charge >= 0.3 is 0 Å². The third-order valence-corrected chi connectivity index (χ3v) is 3.64. The molecule has 0 aliphatic rings. The number of hydrogen-bond donors (Lipinski definition) is 1. The molecular formula is C16H28BrN3O. The van der Waals surface area contributed by atoms with Gasteiger partial charge in [-0.15, -0.1) is 0 Å². The van der Waals surface area contributed by atoms with E-state index in [1.165, 1.54) is 5.56 Å². The molecule has 4 nitrogen and oxygen atoms in total. The van der Waals surface area contributed by atoms with E-state index in [-0.39, 0.29) is 0 Å². The van der Waals surface area contributed by atoms with Gasteiger partial charge in [0, 0.05) is 42.5 Å². The van der Waals surface area contributed by atoms with Crippen molar-refractivity contribution in [3.63, 3.8) is 0 Å². The van der Waals surface area contributed by atoms with Gasteiger partial charge in [-0.2, -0.15) is 0 Å². The molecule has 0 unspecified atom stereocenters. The van der Waals surface area contributed by atoms with Gasteiger partial charge in [0.25, 0.3) is 0 Å².